The molecule has 0 unspecified atom stereocenters. The van der Waals surface area contributed by atoms with Crippen molar-refractivity contribution in [1.29, 1.82) is 0 Å². The summed E-state index contributed by atoms with van der Waals surface area (Å²) >= 11 is 0. The molecule has 248 valence electrons. The van der Waals surface area contributed by atoms with E-state index in [0.29, 0.717) is 13.0 Å². The molecule has 2 amide bonds. The minimum absolute atomic E-state index is 0.0238. The quantitative estimate of drug-likeness (QED) is 0.225. The van der Waals surface area contributed by atoms with Crippen molar-refractivity contribution in [3.05, 3.63) is 84.2 Å². The molecule has 1 fully saturated rings. The van der Waals surface area contributed by atoms with Crippen LogP contribution in [0.5, 0.6) is 0 Å². The zero-order valence-corrected chi connectivity index (χ0v) is 27.9. The fourth-order valence-corrected chi connectivity index (χ4v) is 6.76. The summed E-state index contributed by atoms with van der Waals surface area (Å²) in [6.07, 6.45) is 1.92. The average Bonchev–Trinajstić information content (AvgIpc) is 3.67. The largest absolute Gasteiger partial charge is 0.445 e. The molecule has 2 atom stereocenters. The molecule has 0 spiro atoms. The number of hydrogen-bond acceptors (Lipinski definition) is 9. The Morgan fingerprint density at radius 1 is 1.00 bits per heavy atom. The van der Waals surface area contributed by atoms with E-state index < -0.39 is 33.7 Å². The van der Waals surface area contributed by atoms with Gasteiger partial charge in [0.05, 0.1) is 17.6 Å². The van der Waals surface area contributed by atoms with Gasteiger partial charge in [0, 0.05) is 25.2 Å². The van der Waals surface area contributed by atoms with Gasteiger partial charge in [0.1, 0.15) is 17.7 Å². The Kier molecular flexibility index (Phi) is 9.66. The van der Waals surface area contributed by atoms with Gasteiger partial charge in [-0.15, -0.1) is 0 Å². The van der Waals surface area contributed by atoms with E-state index in [9.17, 15) is 22.8 Å². The number of amides is 2. The van der Waals surface area contributed by atoms with Crippen molar-refractivity contribution in [2.75, 3.05) is 24.5 Å². The number of carbonyl (C=O) groups is 3. The maximum atomic E-state index is 13.8. The van der Waals surface area contributed by atoms with Gasteiger partial charge in [-0.1, -0.05) is 61.4 Å². The summed E-state index contributed by atoms with van der Waals surface area (Å²) in [5.41, 5.74) is 1.17. The normalized spacial score (nSPS) is 16.7. The molecule has 0 aliphatic carbocycles. The minimum Gasteiger partial charge on any atom is -0.445 e. The van der Waals surface area contributed by atoms with E-state index >= 15 is 0 Å². The molecule has 5 rings (SSSR count). The van der Waals surface area contributed by atoms with Gasteiger partial charge in [-0.05, 0) is 57.4 Å². The Hall–Kier alpha value is -4.78. The Labute approximate surface area is 274 Å². The minimum atomic E-state index is -3.97. The summed E-state index contributed by atoms with van der Waals surface area (Å²) in [6.45, 7) is 9.17. The second-order valence-corrected chi connectivity index (χ2v) is 14.4. The molecule has 0 saturated carbocycles. The van der Waals surface area contributed by atoms with Crippen molar-refractivity contribution in [2.24, 2.45) is 11.8 Å². The lowest BCUT2D eigenvalue weighted by molar-refractivity contribution is -0.122. The lowest BCUT2D eigenvalue weighted by atomic mass is 9.90. The number of aryl methyl sites for hydroxylation is 1. The molecule has 2 aromatic carbocycles. The smallest absolute Gasteiger partial charge is 0.416 e. The van der Waals surface area contributed by atoms with Crippen LogP contribution in [0.25, 0.3) is 11.2 Å². The number of fused-ring (bicyclic) bond motifs is 1. The first-order chi connectivity index (χ1) is 22.3. The molecule has 2 aromatic heterocycles. The molecular formula is C34H39N5O7S. The monoisotopic (exact) mass is 661 g/mol. The number of rotatable bonds is 9. The lowest BCUT2D eigenvalue weighted by Crippen LogP contribution is -2.43. The molecule has 47 heavy (non-hydrogen) atoms. The van der Waals surface area contributed by atoms with Gasteiger partial charge in [-0.25, -0.2) is 31.9 Å². The van der Waals surface area contributed by atoms with E-state index in [1.807, 2.05) is 44.2 Å². The van der Waals surface area contributed by atoms with Gasteiger partial charge < -0.3 is 14.4 Å². The summed E-state index contributed by atoms with van der Waals surface area (Å²) in [6, 6.07) is 17.3. The van der Waals surface area contributed by atoms with Crippen LogP contribution in [0.3, 0.4) is 0 Å². The molecule has 13 heteroatoms. The molecule has 12 nitrogen and oxygen atoms in total. The molecule has 1 aliphatic heterocycles. The van der Waals surface area contributed by atoms with Crippen LogP contribution in [-0.4, -0.2) is 70.5 Å². The summed E-state index contributed by atoms with van der Waals surface area (Å²) in [7, 11) is -3.97. The van der Waals surface area contributed by atoms with Gasteiger partial charge in [0.25, 0.3) is 10.0 Å². The van der Waals surface area contributed by atoms with E-state index in [2.05, 4.69) is 9.97 Å². The van der Waals surface area contributed by atoms with Crippen molar-refractivity contribution >= 4 is 45.0 Å². The van der Waals surface area contributed by atoms with E-state index in [-0.39, 0.29) is 53.3 Å². The Morgan fingerprint density at radius 2 is 1.70 bits per heavy atom. The van der Waals surface area contributed by atoms with E-state index in [1.165, 1.54) is 35.5 Å². The van der Waals surface area contributed by atoms with Gasteiger partial charge in [-0.3, -0.25) is 9.69 Å². The molecule has 0 radical (unpaired) electrons. The zero-order chi connectivity index (χ0) is 33.9. The van der Waals surface area contributed by atoms with Gasteiger partial charge in [0.15, 0.2) is 17.2 Å². The molecule has 1 aliphatic rings. The predicted molar refractivity (Wildman–Crippen MR) is 175 cm³/mol. The highest BCUT2D eigenvalue weighted by atomic mass is 32.2. The second-order valence-electron chi connectivity index (χ2n) is 12.6. The van der Waals surface area contributed by atoms with Gasteiger partial charge in [0.2, 0.25) is 0 Å². The Balaban J connectivity index is 1.38. The summed E-state index contributed by atoms with van der Waals surface area (Å²) in [5.74, 6) is -0.938. The number of likely N-dealkylation sites (tertiary alicyclic amines) is 1. The number of anilines is 1. The molecule has 4 aromatic rings. The number of ether oxygens (including phenoxy) is 2. The maximum Gasteiger partial charge on any atom is 0.416 e. The van der Waals surface area contributed by atoms with Crippen molar-refractivity contribution in [3.8, 4) is 0 Å². The van der Waals surface area contributed by atoms with Crippen LogP contribution in [-0.2, 0) is 30.9 Å². The highest BCUT2D eigenvalue weighted by Crippen LogP contribution is 2.29. The van der Waals surface area contributed by atoms with Gasteiger partial charge in [-0.2, -0.15) is 0 Å². The number of aromatic nitrogens is 3. The van der Waals surface area contributed by atoms with Crippen molar-refractivity contribution in [3.63, 3.8) is 0 Å². The van der Waals surface area contributed by atoms with Crippen LogP contribution in [0, 0.1) is 18.8 Å². The maximum absolute atomic E-state index is 13.8. The summed E-state index contributed by atoms with van der Waals surface area (Å²) in [4.78, 5) is 51.8. The second kappa shape index (κ2) is 13.5. The number of nitrogens with zero attached hydrogens (tertiary/aromatic N) is 5. The molecule has 1 saturated heterocycles. The average molecular weight is 662 g/mol. The molecular weight excluding hydrogens is 622 g/mol. The first-order valence-electron chi connectivity index (χ1n) is 15.4. The first kappa shape index (κ1) is 33.6. The number of Topliss-reactive ketones (excluding diaryl/α,β-unsaturated/α-hetero) is 1. The van der Waals surface area contributed by atoms with Gasteiger partial charge >= 0.3 is 12.2 Å². The molecule has 0 N–H and O–H groups in total. The number of carbonyl (C=O) groups excluding carboxylic acids is 3. The third-order valence-electron chi connectivity index (χ3n) is 7.97. The topological polar surface area (TPSA) is 141 Å². The van der Waals surface area contributed by atoms with Crippen LogP contribution >= 0.6 is 0 Å². The van der Waals surface area contributed by atoms with Crippen molar-refractivity contribution in [2.45, 2.75) is 58.1 Å². The van der Waals surface area contributed by atoms with Crippen molar-refractivity contribution in [1.82, 2.24) is 18.8 Å². The molecule has 3 heterocycles. The Morgan fingerprint density at radius 3 is 2.36 bits per heavy atom. The standard InChI is InChI=1S/C34H39N5O7S/c1-6-25-19-37(32(41)45-22-24-10-8-7-9-11-24)20-27(25)29(40)21-38(33(42)46-34(3,4)5)30-18-35-31-28(36-30)16-17-39(31)47(43,44)26-14-12-23(2)13-15-26/h7-18,25,27H,6,19-22H2,1-5H3/t25-,27-/m0/s1. The predicted octanol–water partition coefficient (Wildman–Crippen LogP) is 5.58. The van der Waals surface area contributed by atoms with Crippen molar-refractivity contribution < 1.29 is 32.3 Å². The number of ketones is 1. The summed E-state index contributed by atoms with van der Waals surface area (Å²) < 4.78 is 38.9. The third-order valence-corrected chi connectivity index (χ3v) is 9.65. The lowest BCUT2D eigenvalue weighted by Gasteiger charge is -2.27. The van der Waals surface area contributed by atoms with Crippen LogP contribution in [0.1, 0.15) is 45.2 Å². The first-order valence-corrected chi connectivity index (χ1v) is 16.9. The summed E-state index contributed by atoms with van der Waals surface area (Å²) in [5, 5.41) is 0. The van der Waals surface area contributed by atoms with E-state index in [4.69, 9.17) is 9.47 Å². The number of hydrogen-bond donors (Lipinski definition) is 0. The van der Waals surface area contributed by atoms with Crippen LogP contribution in [0.2, 0.25) is 0 Å². The van der Waals surface area contributed by atoms with Crippen LogP contribution in [0.15, 0.2) is 78.0 Å². The number of benzene rings is 2. The Bertz CT molecular complexity index is 1870. The van der Waals surface area contributed by atoms with Crippen LogP contribution in [0.4, 0.5) is 15.4 Å². The SMILES string of the molecule is CC[C@H]1CN(C(=O)OCc2ccccc2)C[C@@H]1C(=O)CN(C(=O)OC(C)(C)C)c1cnc2c(ccn2S(=O)(=O)c2ccc(C)cc2)n1. The fourth-order valence-electron chi connectivity index (χ4n) is 5.46. The van der Waals surface area contributed by atoms with E-state index in [1.54, 1.807) is 32.9 Å². The molecule has 0 bridgehead atoms. The highest BCUT2D eigenvalue weighted by molar-refractivity contribution is 7.90. The third kappa shape index (κ3) is 7.62. The van der Waals surface area contributed by atoms with Crippen LogP contribution < -0.4 is 4.90 Å². The van der Waals surface area contributed by atoms with E-state index in [0.717, 1.165) is 20.0 Å². The zero-order valence-electron chi connectivity index (χ0n) is 27.1. The fraction of sp³-hybridized carbons (Fsp3) is 0.382. The highest BCUT2D eigenvalue weighted by Gasteiger charge is 2.40.